The third-order valence-electron chi connectivity index (χ3n) is 3.07. The molecule has 0 aromatic carbocycles. The number of aliphatic hydroxyl groups is 2. The van der Waals surface area contributed by atoms with E-state index in [1.807, 2.05) is 0 Å². The van der Waals surface area contributed by atoms with E-state index in [0.29, 0.717) is 11.5 Å². The van der Waals surface area contributed by atoms with Gasteiger partial charge in [0.25, 0.3) is 0 Å². The minimum absolute atomic E-state index is 0.322. The molecule has 6 heteroatoms. The Bertz CT molecular complexity index is 592. The lowest BCUT2D eigenvalue weighted by atomic mass is 10.2. The molecule has 0 radical (unpaired) electrons. The first kappa shape index (κ1) is 10.2. The van der Waals surface area contributed by atoms with Crippen molar-refractivity contribution in [2.24, 2.45) is 0 Å². The van der Waals surface area contributed by atoms with Crippen LogP contribution in [0.2, 0.25) is 0 Å². The van der Waals surface area contributed by atoms with Crippen molar-refractivity contribution in [2.45, 2.75) is 18.2 Å². The Morgan fingerprint density at radius 3 is 2.76 bits per heavy atom. The Kier molecular flexibility index (Phi) is 2.13. The summed E-state index contributed by atoms with van der Waals surface area (Å²) in [4.78, 5) is 8.06. The highest BCUT2D eigenvalue weighted by Crippen LogP contribution is 2.28. The minimum atomic E-state index is -0.859. The zero-order chi connectivity index (χ0) is 12.0. The van der Waals surface area contributed by atoms with Crippen molar-refractivity contribution in [1.82, 2.24) is 14.5 Å². The van der Waals surface area contributed by atoms with Gasteiger partial charge < -0.3 is 20.5 Å². The monoisotopic (exact) mass is 232 g/mol. The summed E-state index contributed by atoms with van der Waals surface area (Å²) in [5.74, 6) is 0.408. The number of nitrogen functional groups attached to an aromatic ring is 1. The number of nitrogens with zero attached hydrogens (tertiary/aromatic N) is 3. The highest BCUT2D eigenvalue weighted by Gasteiger charge is 2.30. The van der Waals surface area contributed by atoms with Gasteiger partial charge >= 0.3 is 0 Å². The molecule has 0 fully saturated rings. The van der Waals surface area contributed by atoms with E-state index in [-0.39, 0.29) is 6.04 Å². The fourth-order valence-electron chi connectivity index (χ4n) is 2.15. The molecule has 0 saturated heterocycles. The van der Waals surface area contributed by atoms with Gasteiger partial charge in [0.2, 0.25) is 0 Å². The lowest BCUT2D eigenvalue weighted by Crippen LogP contribution is -2.27. The molecule has 1 aliphatic carbocycles. The maximum absolute atomic E-state index is 9.85. The van der Waals surface area contributed by atoms with E-state index in [1.54, 1.807) is 29.0 Å². The number of hydrogen-bond acceptors (Lipinski definition) is 5. The van der Waals surface area contributed by atoms with Crippen molar-refractivity contribution in [1.29, 1.82) is 0 Å². The van der Waals surface area contributed by atoms with Gasteiger partial charge in [-0.3, -0.25) is 0 Å². The third-order valence-corrected chi connectivity index (χ3v) is 3.07. The molecule has 0 spiro atoms. The maximum atomic E-state index is 9.85. The fraction of sp³-hybridized carbons (Fsp3) is 0.273. The van der Waals surface area contributed by atoms with E-state index >= 15 is 0 Å². The average Bonchev–Trinajstić information content (AvgIpc) is 2.86. The first-order valence-corrected chi connectivity index (χ1v) is 5.30. The topological polar surface area (TPSA) is 97.2 Å². The summed E-state index contributed by atoms with van der Waals surface area (Å²) >= 11 is 0. The predicted molar refractivity (Wildman–Crippen MR) is 62.1 cm³/mol. The van der Waals surface area contributed by atoms with E-state index in [0.717, 1.165) is 5.39 Å². The molecular weight excluding hydrogens is 220 g/mol. The van der Waals surface area contributed by atoms with Crippen LogP contribution in [0.1, 0.15) is 6.04 Å². The van der Waals surface area contributed by atoms with Gasteiger partial charge in [-0.15, -0.1) is 0 Å². The zero-order valence-corrected chi connectivity index (χ0v) is 8.93. The Hall–Kier alpha value is -1.92. The number of aliphatic hydroxyl groups excluding tert-OH is 2. The lowest BCUT2D eigenvalue weighted by Gasteiger charge is -2.18. The third kappa shape index (κ3) is 1.42. The maximum Gasteiger partial charge on any atom is 0.146 e. The number of anilines is 1. The van der Waals surface area contributed by atoms with Crippen LogP contribution in [0.15, 0.2) is 30.7 Å². The Morgan fingerprint density at radius 1 is 1.24 bits per heavy atom. The summed E-state index contributed by atoms with van der Waals surface area (Å²) < 4.78 is 1.78. The van der Waals surface area contributed by atoms with Crippen LogP contribution in [0.4, 0.5) is 5.82 Å². The highest BCUT2D eigenvalue weighted by molar-refractivity contribution is 5.86. The van der Waals surface area contributed by atoms with Crippen LogP contribution >= 0.6 is 0 Å². The van der Waals surface area contributed by atoms with Crippen molar-refractivity contribution in [3.05, 3.63) is 30.7 Å². The van der Waals surface area contributed by atoms with Gasteiger partial charge in [0, 0.05) is 6.20 Å². The summed E-state index contributed by atoms with van der Waals surface area (Å²) in [6.45, 7) is 0. The molecule has 3 unspecified atom stereocenters. The molecule has 6 nitrogen and oxygen atoms in total. The molecule has 2 aromatic heterocycles. The smallest absolute Gasteiger partial charge is 0.146 e. The molecule has 0 amide bonds. The normalized spacial score (nSPS) is 28.0. The molecule has 0 bridgehead atoms. The largest absolute Gasteiger partial charge is 0.388 e. The van der Waals surface area contributed by atoms with Crippen LogP contribution in [-0.2, 0) is 0 Å². The summed E-state index contributed by atoms with van der Waals surface area (Å²) in [5.41, 5.74) is 6.39. The Balaban J connectivity index is 2.13. The summed E-state index contributed by atoms with van der Waals surface area (Å²) in [6, 6.07) is 1.48. The van der Waals surface area contributed by atoms with Crippen LogP contribution in [0.25, 0.3) is 11.0 Å². The van der Waals surface area contributed by atoms with Crippen LogP contribution in [-0.4, -0.2) is 37.0 Å². The molecule has 0 aliphatic heterocycles. The van der Waals surface area contributed by atoms with Crippen LogP contribution in [0.5, 0.6) is 0 Å². The molecule has 88 valence electrons. The molecule has 1 aliphatic rings. The van der Waals surface area contributed by atoms with Gasteiger partial charge in [-0.25, -0.2) is 9.97 Å². The molecule has 3 rings (SSSR count). The van der Waals surface area contributed by atoms with Gasteiger partial charge in [-0.1, -0.05) is 12.2 Å². The number of nitrogens with two attached hydrogens (primary N) is 1. The van der Waals surface area contributed by atoms with Crippen LogP contribution in [0.3, 0.4) is 0 Å². The zero-order valence-electron chi connectivity index (χ0n) is 8.93. The second-order valence-corrected chi connectivity index (χ2v) is 4.08. The summed E-state index contributed by atoms with van der Waals surface area (Å²) in [5, 5.41) is 20.1. The number of hydrogen-bond donors (Lipinski definition) is 3. The van der Waals surface area contributed by atoms with E-state index < -0.39 is 12.2 Å². The quantitative estimate of drug-likeness (QED) is 0.594. The molecule has 17 heavy (non-hydrogen) atoms. The molecule has 0 saturated carbocycles. The van der Waals surface area contributed by atoms with Crippen LogP contribution in [0, 0.1) is 0 Å². The van der Waals surface area contributed by atoms with E-state index in [2.05, 4.69) is 9.97 Å². The lowest BCUT2D eigenvalue weighted by molar-refractivity contribution is 0.0376. The Labute approximate surface area is 97.0 Å². The predicted octanol–water partition coefficient (Wildman–Crippen LogP) is -0.154. The number of fused-ring (bicyclic) bond motifs is 1. The summed E-state index contributed by atoms with van der Waals surface area (Å²) in [6.07, 6.45) is 4.80. The molecule has 2 heterocycles. The fourth-order valence-corrected chi connectivity index (χ4v) is 2.15. The van der Waals surface area contributed by atoms with Crippen LogP contribution < -0.4 is 5.73 Å². The van der Waals surface area contributed by atoms with Crippen molar-refractivity contribution < 1.29 is 10.2 Å². The van der Waals surface area contributed by atoms with E-state index in [4.69, 9.17) is 5.73 Å². The van der Waals surface area contributed by atoms with Crippen molar-refractivity contribution in [3.63, 3.8) is 0 Å². The molecule has 3 atom stereocenters. The number of aromatic nitrogens is 3. The Morgan fingerprint density at radius 2 is 2.06 bits per heavy atom. The number of rotatable bonds is 1. The van der Waals surface area contributed by atoms with E-state index in [1.165, 1.54) is 6.33 Å². The second-order valence-electron chi connectivity index (χ2n) is 4.08. The van der Waals surface area contributed by atoms with Crippen molar-refractivity contribution >= 4 is 16.9 Å². The summed E-state index contributed by atoms with van der Waals surface area (Å²) in [7, 11) is 0. The average molecular weight is 232 g/mol. The molecular formula is C11H12N4O2. The standard InChI is InChI=1S/C11H12N4O2/c12-10-6-3-4-15(11(6)14-5-13-10)7-1-2-8(16)9(7)17/h1-5,7-9,16-17H,(H2,12,13,14). The first-order chi connectivity index (χ1) is 8.18. The first-order valence-electron chi connectivity index (χ1n) is 5.30. The SMILES string of the molecule is Nc1ncnc2c1ccn2C1C=CC(O)C1O. The molecule has 4 N–H and O–H groups in total. The van der Waals surface area contributed by atoms with Crippen molar-refractivity contribution in [3.8, 4) is 0 Å². The van der Waals surface area contributed by atoms with Gasteiger partial charge in [-0.05, 0) is 6.07 Å². The van der Waals surface area contributed by atoms with E-state index in [9.17, 15) is 10.2 Å². The van der Waals surface area contributed by atoms with Gasteiger partial charge in [0.05, 0.1) is 11.4 Å². The van der Waals surface area contributed by atoms with Gasteiger partial charge in [-0.2, -0.15) is 0 Å². The minimum Gasteiger partial charge on any atom is -0.388 e. The van der Waals surface area contributed by atoms with Gasteiger partial charge in [0.15, 0.2) is 0 Å². The van der Waals surface area contributed by atoms with Crippen molar-refractivity contribution in [2.75, 3.05) is 5.73 Å². The highest BCUT2D eigenvalue weighted by atomic mass is 16.3. The molecule has 2 aromatic rings. The van der Waals surface area contributed by atoms with Gasteiger partial charge in [0.1, 0.15) is 30.0 Å². The second kappa shape index (κ2) is 3.54.